The monoisotopic (exact) mass is 265 g/mol. The van der Waals surface area contributed by atoms with Gasteiger partial charge < -0.3 is 0 Å². The van der Waals surface area contributed by atoms with Crippen molar-refractivity contribution in [2.75, 3.05) is 0 Å². The molecule has 11 heavy (non-hydrogen) atoms. The molecule has 0 bridgehead atoms. The molecule has 0 saturated carbocycles. The van der Waals surface area contributed by atoms with Crippen LogP contribution in [0.3, 0.4) is 0 Å². The van der Waals surface area contributed by atoms with Crippen LogP contribution in [0.25, 0.3) is 0 Å². The van der Waals surface area contributed by atoms with E-state index in [-0.39, 0.29) is 5.41 Å². The quantitative estimate of drug-likeness (QED) is 0.669. The Labute approximate surface area is 80.3 Å². The van der Waals surface area contributed by atoms with Crippen molar-refractivity contribution in [2.45, 2.75) is 26.2 Å². The molecule has 1 aromatic heterocycles. The van der Waals surface area contributed by atoms with E-state index in [0.717, 1.165) is 9.39 Å². The summed E-state index contributed by atoms with van der Waals surface area (Å²) in [4.78, 5) is 1.61. The minimum Gasteiger partial charge on any atom is -0.187 e. The standard InChI is InChI=1S/C7H12IN3/c1-7(2,3)5-6(8)10-11(4)9-5/h1-4H3. The van der Waals surface area contributed by atoms with E-state index in [1.165, 1.54) is 0 Å². The highest BCUT2D eigenvalue weighted by atomic mass is 127. The van der Waals surface area contributed by atoms with E-state index in [9.17, 15) is 0 Å². The number of hydrogen-bond donors (Lipinski definition) is 0. The van der Waals surface area contributed by atoms with Gasteiger partial charge in [0.1, 0.15) is 9.39 Å². The van der Waals surface area contributed by atoms with Crippen LogP contribution in [0.4, 0.5) is 0 Å². The second-order valence-corrected chi connectivity index (χ2v) is 4.60. The van der Waals surface area contributed by atoms with Gasteiger partial charge in [-0.2, -0.15) is 9.90 Å². The van der Waals surface area contributed by atoms with Crippen LogP contribution in [0.15, 0.2) is 0 Å². The fraction of sp³-hybridized carbons (Fsp3) is 0.714. The minimum atomic E-state index is 0.102. The second kappa shape index (κ2) is 2.73. The zero-order valence-electron chi connectivity index (χ0n) is 7.22. The summed E-state index contributed by atoms with van der Waals surface area (Å²) in [5, 5.41) is 8.45. The molecule has 1 heterocycles. The number of aryl methyl sites for hydroxylation is 1. The van der Waals surface area contributed by atoms with Crippen molar-refractivity contribution in [1.82, 2.24) is 15.0 Å². The largest absolute Gasteiger partial charge is 0.187 e. The Balaban J connectivity index is 3.13. The molecule has 0 unspecified atom stereocenters. The second-order valence-electron chi connectivity index (χ2n) is 3.58. The van der Waals surface area contributed by atoms with E-state index in [2.05, 4.69) is 53.6 Å². The van der Waals surface area contributed by atoms with Crippen molar-refractivity contribution in [2.24, 2.45) is 7.05 Å². The molecular weight excluding hydrogens is 253 g/mol. The van der Waals surface area contributed by atoms with Crippen LogP contribution in [0.5, 0.6) is 0 Å². The molecule has 0 atom stereocenters. The van der Waals surface area contributed by atoms with Crippen molar-refractivity contribution >= 4 is 22.6 Å². The smallest absolute Gasteiger partial charge is 0.147 e. The van der Waals surface area contributed by atoms with Gasteiger partial charge in [-0.1, -0.05) is 20.8 Å². The Morgan fingerprint density at radius 3 is 2.00 bits per heavy atom. The Hall–Kier alpha value is -0.130. The van der Waals surface area contributed by atoms with E-state index in [1.54, 1.807) is 4.80 Å². The molecule has 62 valence electrons. The number of nitrogens with zero attached hydrogens (tertiary/aromatic N) is 3. The highest BCUT2D eigenvalue weighted by Gasteiger charge is 2.21. The Kier molecular flexibility index (Phi) is 2.22. The fourth-order valence-corrected chi connectivity index (χ4v) is 2.07. The van der Waals surface area contributed by atoms with Crippen LogP contribution < -0.4 is 0 Å². The van der Waals surface area contributed by atoms with Crippen LogP contribution in [0.1, 0.15) is 26.5 Å². The maximum Gasteiger partial charge on any atom is 0.147 e. The maximum absolute atomic E-state index is 4.28. The average molecular weight is 265 g/mol. The summed E-state index contributed by atoms with van der Waals surface area (Å²) in [5.74, 6) is 0. The molecular formula is C7H12IN3. The normalized spacial score (nSPS) is 12.1. The third-order valence-electron chi connectivity index (χ3n) is 1.38. The number of rotatable bonds is 0. The van der Waals surface area contributed by atoms with Gasteiger partial charge in [0.25, 0.3) is 0 Å². The molecule has 0 N–H and O–H groups in total. The summed E-state index contributed by atoms with van der Waals surface area (Å²) in [5.41, 5.74) is 1.17. The Morgan fingerprint density at radius 1 is 1.27 bits per heavy atom. The van der Waals surface area contributed by atoms with Crippen molar-refractivity contribution in [3.63, 3.8) is 0 Å². The van der Waals surface area contributed by atoms with Gasteiger partial charge >= 0.3 is 0 Å². The minimum absolute atomic E-state index is 0.102. The van der Waals surface area contributed by atoms with E-state index in [0.29, 0.717) is 0 Å². The fourth-order valence-electron chi connectivity index (χ4n) is 0.842. The van der Waals surface area contributed by atoms with Crippen LogP contribution >= 0.6 is 22.6 Å². The molecule has 0 aliphatic rings. The van der Waals surface area contributed by atoms with E-state index < -0.39 is 0 Å². The van der Waals surface area contributed by atoms with Gasteiger partial charge in [-0.05, 0) is 22.6 Å². The molecule has 0 aliphatic heterocycles. The zero-order chi connectivity index (χ0) is 8.65. The summed E-state index contributed by atoms with van der Waals surface area (Å²) in [7, 11) is 1.84. The average Bonchev–Trinajstić information content (AvgIpc) is 2.08. The molecule has 1 rings (SSSR count). The third kappa shape index (κ3) is 1.91. The maximum atomic E-state index is 4.28. The Bertz CT molecular complexity index is 259. The lowest BCUT2D eigenvalue weighted by molar-refractivity contribution is 0.545. The van der Waals surface area contributed by atoms with Crippen molar-refractivity contribution in [3.05, 3.63) is 9.39 Å². The molecule has 0 fully saturated rings. The first-order valence-electron chi connectivity index (χ1n) is 3.48. The van der Waals surface area contributed by atoms with Gasteiger partial charge in [0.05, 0.1) is 0 Å². The van der Waals surface area contributed by atoms with Crippen LogP contribution in [0, 0.1) is 3.70 Å². The summed E-state index contributed by atoms with van der Waals surface area (Å²) < 4.78 is 0.998. The topological polar surface area (TPSA) is 30.7 Å². The highest BCUT2D eigenvalue weighted by Crippen LogP contribution is 2.23. The SMILES string of the molecule is Cn1nc(I)c(C(C)(C)C)n1. The highest BCUT2D eigenvalue weighted by molar-refractivity contribution is 14.1. The first-order chi connectivity index (χ1) is 4.91. The van der Waals surface area contributed by atoms with E-state index in [1.807, 2.05) is 7.05 Å². The predicted molar refractivity (Wildman–Crippen MR) is 52.4 cm³/mol. The predicted octanol–water partition coefficient (Wildman–Crippen LogP) is 1.72. The van der Waals surface area contributed by atoms with Gasteiger partial charge in [0.2, 0.25) is 0 Å². The molecule has 0 aromatic carbocycles. The lowest BCUT2D eigenvalue weighted by Gasteiger charge is -2.14. The molecule has 0 amide bonds. The van der Waals surface area contributed by atoms with Gasteiger partial charge in [0.15, 0.2) is 0 Å². The number of hydrogen-bond acceptors (Lipinski definition) is 2. The number of aromatic nitrogens is 3. The first-order valence-corrected chi connectivity index (χ1v) is 4.56. The summed E-state index contributed by atoms with van der Waals surface area (Å²) in [6.45, 7) is 6.41. The van der Waals surface area contributed by atoms with E-state index >= 15 is 0 Å². The summed E-state index contributed by atoms with van der Waals surface area (Å²) in [6.07, 6.45) is 0. The van der Waals surface area contributed by atoms with Gasteiger partial charge in [-0.15, -0.1) is 5.10 Å². The van der Waals surface area contributed by atoms with Crippen molar-refractivity contribution < 1.29 is 0 Å². The summed E-state index contributed by atoms with van der Waals surface area (Å²) >= 11 is 2.21. The molecule has 0 radical (unpaired) electrons. The first kappa shape index (κ1) is 8.96. The van der Waals surface area contributed by atoms with Crippen LogP contribution in [-0.2, 0) is 12.5 Å². The molecule has 1 aromatic rings. The van der Waals surface area contributed by atoms with Gasteiger partial charge in [0, 0.05) is 12.5 Å². The molecule has 0 saturated heterocycles. The summed E-state index contributed by atoms with van der Waals surface area (Å²) in [6, 6.07) is 0. The van der Waals surface area contributed by atoms with Crippen molar-refractivity contribution in [3.8, 4) is 0 Å². The molecule has 0 aliphatic carbocycles. The van der Waals surface area contributed by atoms with Crippen LogP contribution in [-0.4, -0.2) is 15.0 Å². The van der Waals surface area contributed by atoms with E-state index in [4.69, 9.17) is 0 Å². The zero-order valence-corrected chi connectivity index (χ0v) is 9.38. The van der Waals surface area contributed by atoms with Gasteiger partial charge in [-0.25, -0.2) is 0 Å². The lowest BCUT2D eigenvalue weighted by Crippen LogP contribution is -2.13. The molecule has 0 spiro atoms. The third-order valence-corrected chi connectivity index (χ3v) is 2.11. The van der Waals surface area contributed by atoms with Crippen molar-refractivity contribution in [1.29, 1.82) is 0 Å². The number of halogens is 1. The Morgan fingerprint density at radius 2 is 1.82 bits per heavy atom. The van der Waals surface area contributed by atoms with Crippen LogP contribution in [0.2, 0.25) is 0 Å². The lowest BCUT2D eigenvalue weighted by atomic mass is 9.93. The molecule has 3 nitrogen and oxygen atoms in total. The van der Waals surface area contributed by atoms with Gasteiger partial charge in [-0.3, -0.25) is 0 Å². The molecule has 4 heteroatoms.